The second-order valence-corrected chi connectivity index (χ2v) is 8.18. The van der Waals surface area contributed by atoms with Crippen molar-refractivity contribution in [2.45, 2.75) is 6.42 Å². The van der Waals surface area contributed by atoms with Gasteiger partial charge in [0.25, 0.3) is 17.7 Å². The van der Waals surface area contributed by atoms with Crippen LogP contribution in [0.2, 0.25) is 0 Å². The third kappa shape index (κ3) is 6.74. The normalized spacial score (nSPS) is 13.7. The first-order valence-electron chi connectivity index (χ1n) is 11.6. The minimum absolute atomic E-state index is 0.0191. The van der Waals surface area contributed by atoms with E-state index in [2.05, 4.69) is 30.8 Å². The molecule has 0 radical (unpaired) electrons. The third-order valence-corrected chi connectivity index (χ3v) is 5.63. The van der Waals surface area contributed by atoms with E-state index in [-0.39, 0.29) is 17.3 Å². The number of ether oxygens (including phenoxy) is 1. The van der Waals surface area contributed by atoms with Crippen LogP contribution in [-0.2, 0) is 4.74 Å². The molecule has 4 rings (SSSR count). The maximum absolute atomic E-state index is 13.0. The molecule has 0 spiro atoms. The van der Waals surface area contributed by atoms with Crippen LogP contribution < -0.4 is 16.0 Å². The summed E-state index contributed by atoms with van der Waals surface area (Å²) in [6.07, 6.45) is 2.08. The van der Waals surface area contributed by atoms with Gasteiger partial charge in [-0.25, -0.2) is 9.37 Å². The summed E-state index contributed by atoms with van der Waals surface area (Å²) in [6.45, 7) is 4.57. The van der Waals surface area contributed by atoms with Gasteiger partial charge in [-0.05, 0) is 61.5 Å². The summed E-state index contributed by atoms with van der Waals surface area (Å²) in [7, 11) is 0. The Morgan fingerprint density at radius 1 is 0.917 bits per heavy atom. The van der Waals surface area contributed by atoms with Crippen LogP contribution in [0.25, 0.3) is 0 Å². The van der Waals surface area contributed by atoms with E-state index in [1.807, 2.05) is 0 Å². The van der Waals surface area contributed by atoms with Crippen LogP contribution >= 0.6 is 0 Å². The zero-order chi connectivity index (χ0) is 25.3. The first-order valence-corrected chi connectivity index (χ1v) is 11.6. The number of benzene rings is 2. The van der Waals surface area contributed by atoms with Gasteiger partial charge < -0.3 is 25.7 Å². The average molecular weight is 495 g/mol. The van der Waals surface area contributed by atoms with E-state index in [1.54, 1.807) is 24.3 Å². The number of aromatic amines is 1. The number of carbonyl (C=O) groups is 3. The van der Waals surface area contributed by atoms with Gasteiger partial charge in [-0.15, -0.1) is 0 Å². The molecule has 1 saturated heterocycles. The molecule has 0 unspecified atom stereocenters. The zero-order valence-electron chi connectivity index (χ0n) is 19.6. The Kier molecular flexibility index (Phi) is 8.37. The molecular weight excluding hydrogens is 467 g/mol. The van der Waals surface area contributed by atoms with Gasteiger partial charge in [0.05, 0.1) is 19.5 Å². The van der Waals surface area contributed by atoms with E-state index >= 15 is 0 Å². The number of rotatable bonds is 9. The molecule has 3 amide bonds. The number of imidazole rings is 1. The smallest absolute Gasteiger partial charge is 0.276 e. The summed E-state index contributed by atoms with van der Waals surface area (Å²) >= 11 is 0. The molecule has 0 atom stereocenters. The molecule has 3 aromatic rings. The fraction of sp³-hybridized carbons (Fsp3) is 0.280. The monoisotopic (exact) mass is 494 g/mol. The number of carbonyl (C=O) groups excluding carboxylic acids is 3. The van der Waals surface area contributed by atoms with Gasteiger partial charge in [-0.1, -0.05) is 0 Å². The minimum Gasteiger partial charge on any atom is -0.379 e. The maximum atomic E-state index is 13.0. The van der Waals surface area contributed by atoms with E-state index in [1.165, 1.54) is 30.6 Å². The number of morpholine rings is 1. The predicted molar refractivity (Wildman–Crippen MR) is 132 cm³/mol. The Hall–Kier alpha value is -4.09. The Balaban J connectivity index is 1.27. The molecule has 0 aliphatic carbocycles. The summed E-state index contributed by atoms with van der Waals surface area (Å²) in [5.74, 6) is -1.76. The Labute approximate surface area is 207 Å². The van der Waals surface area contributed by atoms with Crippen LogP contribution in [0.3, 0.4) is 0 Å². The van der Waals surface area contributed by atoms with Crippen molar-refractivity contribution >= 4 is 29.1 Å². The fourth-order valence-corrected chi connectivity index (χ4v) is 3.69. The highest BCUT2D eigenvalue weighted by molar-refractivity contribution is 6.10. The summed E-state index contributed by atoms with van der Waals surface area (Å²) < 4.78 is 18.4. The molecule has 10 nitrogen and oxygen atoms in total. The summed E-state index contributed by atoms with van der Waals surface area (Å²) in [6, 6.07) is 11.6. The lowest BCUT2D eigenvalue weighted by molar-refractivity contribution is 0.0374. The molecule has 2 aromatic carbocycles. The molecule has 0 bridgehead atoms. The van der Waals surface area contributed by atoms with Crippen molar-refractivity contribution in [3.63, 3.8) is 0 Å². The van der Waals surface area contributed by atoms with Crippen LogP contribution in [0.1, 0.15) is 37.8 Å². The third-order valence-electron chi connectivity index (χ3n) is 5.63. The lowest BCUT2D eigenvalue weighted by Crippen LogP contribution is -2.38. The first-order chi connectivity index (χ1) is 17.5. The molecule has 1 fully saturated rings. The van der Waals surface area contributed by atoms with Gasteiger partial charge in [0.1, 0.15) is 11.5 Å². The zero-order valence-corrected chi connectivity index (χ0v) is 19.6. The highest BCUT2D eigenvalue weighted by Crippen LogP contribution is 2.16. The highest BCUT2D eigenvalue weighted by Gasteiger charge is 2.20. The number of nitrogens with zero attached hydrogens (tertiary/aromatic N) is 2. The van der Waals surface area contributed by atoms with Crippen LogP contribution in [0.15, 0.2) is 54.9 Å². The molecule has 188 valence electrons. The molecule has 11 heteroatoms. The Morgan fingerprint density at radius 3 is 2.22 bits per heavy atom. The first kappa shape index (κ1) is 25.0. The van der Waals surface area contributed by atoms with E-state index in [4.69, 9.17) is 4.74 Å². The van der Waals surface area contributed by atoms with Crippen molar-refractivity contribution in [2.75, 3.05) is 50.0 Å². The average Bonchev–Trinajstić information content (AvgIpc) is 3.39. The van der Waals surface area contributed by atoms with Crippen molar-refractivity contribution in [3.8, 4) is 0 Å². The molecule has 1 aliphatic rings. The number of aromatic nitrogens is 2. The number of anilines is 2. The fourth-order valence-electron chi connectivity index (χ4n) is 3.69. The second kappa shape index (κ2) is 12.0. The Morgan fingerprint density at radius 2 is 1.56 bits per heavy atom. The largest absolute Gasteiger partial charge is 0.379 e. The lowest BCUT2D eigenvalue weighted by atomic mass is 10.2. The topological polar surface area (TPSA) is 128 Å². The van der Waals surface area contributed by atoms with Crippen LogP contribution in [-0.4, -0.2) is 72.0 Å². The molecule has 4 N–H and O–H groups in total. The van der Waals surface area contributed by atoms with Gasteiger partial charge in [-0.2, -0.15) is 0 Å². The molecule has 36 heavy (non-hydrogen) atoms. The molecular formula is C25H27FN6O4. The second-order valence-electron chi connectivity index (χ2n) is 8.18. The van der Waals surface area contributed by atoms with Crippen LogP contribution in [0.4, 0.5) is 15.8 Å². The van der Waals surface area contributed by atoms with Gasteiger partial charge in [-0.3, -0.25) is 19.3 Å². The number of amides is 3. The summed E-state index contributed by atoms with van der Waals surface area (Å²) in [4.78, 5) is 46.5. The quantitative estimate of drug-likeness (QED) is 0.339. The van der Waals surface area contributed by atoms with Crippen LogP contribution in [0, 0.1) is 5.82 Å². The van der Waals surface area contributed by atoms with Gasteiger partial charge >= 0.3 is 0 Å². The van der Waals surface area contributed by atoms with Crippen molar-refractivity contribution in [1.29, 1.82) is 0 Å². The highest BCUT2D eigenvalue weighted by atomic mass is 19.1. The molecule has 2 heterocycles. The number of H-pyrrole nitrogens is 1. The van der Waals surface area contributed by atoms with E-state index in [0.717, 1.165) is 39.3 Å². The molecule has 1 aromatic heterocycles. The van der Waals surface area contributed by atoms with E-state index in [9.17, 15) is 18.8 Å². The van der Waals surface area contributed by atoms with Gasteiger partial charge in [0.2, 0.25) is 0 Å². The van der Waals surface area contributed by atoms with Gasteiger partial charge in [0.15, 0.2) is 5.69 Å². The van der Waals surface area contributed by atoms with Gasteiger partial charge in [0, 0.05) is 36.6 Å². The summed E-state index contributed by atoms with van der Waals surface area (Å²) in [5.41, 5.74) is 1.34. The number of halogens is 1. The molecule has 0 saturated carbocycles. The van der Waals surface area contributed by atoms with E-state index < -0.39 is 17.6 Å². The van der Waals surface area contributed by atoms with Crippen molar-refractivity contribution in [1.82, 2.24) is 20.2 Å². The van der Waals surface area contributed by atoms with Crippen molar-refractivity contribution < 1.29 is 23.5 Å². The lowest BCUT2D eigenvalue weighted by Gasteiger charge is -2.26. The number of hydrogen-bond donors (Lipinski definition) is 4. The van der Waals surface area contributed by atoms with Crippen molar-refractivity contribution in [3.05, 3.63) is 77.6 Å². The molecule has 1 aliphatic heterocycles. The van der Waals surface area contributed by atoms with E-state index in [0.29, 0.717) is 23.5 Å². The Bertz CT molecular complexity index is 1190. The predicted octanol–water partition coefficient (Wildman–Crippen LogP) is 2.51. The standard InChI is InChI=1S/C25H27FN6O4/c26-18-4-2-17(3-5-18)23(33)30-19-6-8-20(9-7-19)31-25(35)22-21(28-16-29-22)24(34)27-10-1-11-32-12-14-36-15-13-32/h2-9,16H,1,10-15H2,(H,27,34)(H,28,29)(H,30,33)(H,31,35). The van der Waals surface area contributed by atoms with Crippen molar-refractivity contribution in [2.24, 2.45) is 0 Å². The summed E-state index contributed by atoms with van der Waals surface area (Å²) in [5, 5.41) is 8.21. The minimum atomic E-state index is -0.544. The van der Waals surface area contributed by atoms with Crippen LogP contribution in [0.5, 0.6) is 0 Å². The number of nitrogens with one attached hydrogen (secondary N) is 4. The SMILES string of the molecule is O=C(Nc1ccc(NC(=O)c2nc[nH]c2C(=O)NCCCN2CCOCC2)cc1)c1ccc(F)cc1. The maximum Gasteiger partial charge on any atom is 0.276 e. The number of hydrogen-bond acceptors (Lipinski definition) is 6.